The smallest absolute Gasteiger partial charge is 0.00103 e. The van der Waals surface area contributed by atoms with Gasteiger partial charge in [0.15, 0.2) is 0 Å². The average Bonchev–Trinajstić information content (AvgIpc) is 2.38. The highest BCUT2D eigenvalue weighted by molar-refractivity contribution is 4.88. The molecule has 1 N–H and O–H groups in total. The molecule has 0 amide bonds. The zero-order valence-electron chi connectivity index (χ0n) is 12.5. The standard InChI is InChI=1S/C16H32N2/c1-15(2)17-11-6-12-18-13-9-16(10-14-18)7-4-3-5-8-16/h15,17H,3-14H2,1-2H3. The SMILES string of the molecule is CC(C)NCCCN1CCC2(CCCCC2)CC1. The molecule has 1 saturated heterocycles. The van der Waals surface area contributed by atoms with Gasteiger partial charge in [-0.3, -0.25) is 0 Å². The maximum atomic E-state index is 3.52. The molecule has 1 saturated carbocycles. The van der Waals surface area contributed by atoms with Crippen molar-refractivity contribution in [2.24, 2.45) is 5.41 Å². The molecule has 0 bridgehead atoms. The van der Waals surface area contributed by atoms with Gasteiger partial charge in [0, 0.05) is 6.04 Å². The van der Waals surface area contributed by atoms with Crippen molar-refractivity contribution in [3.05, 3.63) is 0 Å². The fraction of sp³-hybridized carbons (Fsp3) is 1.00. The third-order valence-electron chi connectivity index (χ3n) is 5.03. The summed E-state index contributed by atoms with van der Waals surface area (Å²) in [5.41, 5.74) is 0.769. The average molecular weight is 252 g/mol. The summed E-state index contributed by atoms with van der Waals surface area (Å²) in [6.07, 6.45) is 11.8. The van der Waals surface area contributed by atoms with Gasteiger partial charge in [0.1, 0.15) is 0 Å². The summed E-state index contributed by atoms with van der Waals surface area (Å²) in [6, 6.07) is 0.636. The van der Waals surface area contributed by atoms with Crippen molar-refractivity contribution < 1.29 is 0 Å². The van der Waals surface area contributed by atoms with Crippen LogP contribution in [0, 0.1) is 5.41 Å². The van der Waals surface area contributed by atoms with Gasteiger partial charge in [0.2, 0.25) is 0 Å². The fourth-order valence-corrected chi connectivity index (χ4v) is 3.75. The molecule has 0 aromatic rings. The van der Waals surface area contributed by atoms with E-state index in [1.165, 1.54) is 77.5 Å². The van der Waals surface area contributed by atoms with Crippen LogP contribution in [0.3, 0.4) is 0 Å². The van der Waals surface area contributed by atoms with Crippen molar-refractivity contribution in [1.29, 1.82) is 0 Å². The summed E-state index contributed by atoms with van der Waals surface area (Å²) in [5.74, 6) is 0. The molecule has 0 atom stereocenters. The van der Waals surface area contributed by atoms with E-state index < -0.39 is 0 Å². The Hall–Kier alpha value is -0.0800. The van der Waals surface area contributed by atoms with Crippen LogP contribution in [0.15, 0.2) is 0 Å². The second kappa shape index (κ2) is 6.91. The summed E-state index contributed by atoms with van der Waals surface area (Å²) in [4.78, 5) is 2.70. The topological polar surface area (TPSA) is 15.3 Å². The summed E-state index contributed by atoms with van der Waals surface area (Å²) >= 11 is 0. The van der Waals surface area contributed by atoms with E-state index in [4.69, 9.17) is 0 Å². The lowest BCUT2D eigenvalue weighted by Crippen LogP contribution is -2.42. The normalized spacial score (nSPS) is 24.8. The van der Waals surface area contributed by atoms with Crippen LogP contribution in [0.25, 0.3) is 0 Å². The second-order valence-electron chi connectivity index (χ2n) is 6.86. The Labute approximate surface area is 114 Å². The lowest BCUT2D eigenvalue weighted by atomic mass is 9.68. The Kier molecular flexibility index (Phi) is 5.50. The number of nitrogens with one attached hydrogen (secondary N) is 1. The molecule has 1 aliphatic carbocycles. The van der Waals surface area contributed by atoms with Gasteiger partial charge in [-0.25, -0.2) is 0 Å². The maximum absolute atomic E-state index is 3.52. The third kappa shape index (κ3) is 4.24. The van der Waals surface area contributed by atoms with Crippen molar-refractivity contribution in [3.8, 4) is 0 Å². The molecule has 0 aromatic heterocycles. The van der Waals surface area contributed by atoms with Gasteiger partial charge in [-0.2, -0.15) is 0 Å². The predicted octanol–water partition coefficient (Wildman–Crippen LogP) is 3.42. The van der Waals surface area contributed by atoms with E-state index in [0.29, 0.717) is 6.04 Å². The molecule has 1 aliphatic heterocycles. The third-order valence-corrected chi connectivity index (χ3v) is 5.03. The highest BCUT2D eigenvalue weighted by Crippen LogP contribution is 2.44. The first-order valence-electron chi connectivity index (χ1n) is 8.16. The highest BCUT2D eigenvalue weighted by Gasteiger charge is 2.35. The molecule has 106 valence electrons. The number of hydrogen-bond acceptors (Lipinski definition) is 2. The minimum atomic E-state index is 0.636. The van der Waals surface area contributed by atoms with Crippen LogP contribution in [0.1, 0.15) is 65.2 Å². The largest absolute Gasteiger partial charge is 0.314 e. The molecule has 0 aromatic carbocycles. The van der Waals surface area contributed by atoms with Gasteiger partial charge in [-0.05, 0) is 63.7 Å². The monoisotopic (exact) mass is 252 g/mol. The minimum absolute atomic E-state index is 0.636. The molecule has 18 heavy (non-hydrogen) atoms. The van der Waals surface area contributed by atoms with Crippen LogP contribution in [0.5, 0.6) is 0 Å². The van der Waals surface area contributed by atoms with E-state index in [9.17, 15) is 0 Å². The molecular formula is C16H32N2. The van der Waals surface area contributed by atoms with E-state index >= 15 is 0 Å². The highest BCUT2D eigenvalue weighted by atomic mass is 15.1. The van der Waals surface area contributed by atoms with Crippen LogP contribution in [0.2, 0.25) is 0 Å². The molecule has 2 aliphatic rings. The first-order valence-corrected chi connectivity index (χ1v) is 8.16. The molecule has 2 nitrogen and oxygen atoms in total. The van der Waals surface area contributed by atoms with Crippen LogP contribution < -0.4 is 5.32 Å². The Morgan fingerprint density at radius 3 is 2.28 bits per heavy atom. The van der Waals surface area contributed by atoms with E-state index in [1.54, 1.807) is 0 Å². The van der Waals surface area contributed by atoms with E-state index in [-0.39, 0.29) is 0 Å². The summed E-state index contributed by atoms with van der Waals surface area (Å²) in [7, 11) is 0. The van der Waals surface area contributed by atoms with Gasteiger partial charge in [-0.15, -0.1) is 0 Å². The van der Waals surface area contributed by atoms with E-state index in [0.717, 1.165) is 5.41 Å². The lowest BCUT2D eigenvalue weighted by Gasteiger charge is -2.44. The van der Waals surface area contributed by atoms with Gasteiger partial charge < -0.3 is 10.2 Å². The molecule has 2 rings (SSSR count). The van der Waals surface area contributed by atoms with Crippen LogP contribution in [0.4, 0.5) is 0 Å². The lowest BCUT2D eigenvalue weighted by molar-refractivity contribution is 0.0673. The van der Waals surface area contributed by atoms with Crippen molar-refractivity contribution in [2.75, 3.05) is 26.2 Å². The van der Waals surface area contributed by atoms with Crippen LogP contribution in [-0.4, -0.2) is 37.1 Å². The minimum Gasteiger partial charge on any atom is -0.314 e. The number of nitrogens with zero attached hydrogens (tertiary/aromatic N) is 1. The number of hydrogen-bond donors (Lipinski definition) is 1. The van der Waals surface area contributed by atoms with Gasteiger partial charge in [0.25, 0.3) is 0 Å². The molecular weight excluding hydrogens is 220 g/mol. The summed E-state index contributed by atoms with van der Waals surface area (Å²) in [6.45, 7) is 9.67. The van der Waals surface area contributed by atoms with Crippen molar-refractivity contribution in [1.82, 2.24) is 10.2 Å². The summed E-state index contributed by atoms with van der Waals surface area (Å²) < 4.78 is 0. The van der Waals surface area contributed by atoms with Crippen LogP contribution >= 0.6 is 0 Å². The Balaban J connectivity index is 1.61. The second-order valence-corrected chi connectivity index (χ2v) is 6.86. The van der Waals surface area contributed by atoms with Gasteiger partial charge in [0.05, 0.1) is 0 Å². The Morgan fingerprint density at radius 2 is 1.67 bits per heavy atom. The molecule has 1 spiro atoms. The van der Waals surface area contributed by atoms with Gasteiger partial charge >= 0.3 is 0 Å². The van der Waals surface area contributed by atoms with Crippen LogP contribution in [-0.2, 0) is 0 Å². The van der Waals surface area contributed by atoms with Gasteiger partial charge in [-0.1, -0.05) is 33.1 Å². The molecule has 0 unspecified atom stereocenters. The Morgan fingerprint density at radius 1 is 1.00 bits per heavy atom. The first-order chi connectivity index (χ1) is 8.70. The zero-order chi connectivity index (χ0) is 12.8. The zero-order valence-corrected chi connectivity index (χ0v) is 12.5. The molecule has 2 heteroatoms. The number of likely N-dealkylation sites (tertiary alicyclic amines) is 1. The van der Waals surface area contributed by atoms with Crippen molar-refractivity contribution >= 4 is 0 Å². The fourth-order valence-electron chi connectivity index (χ4n) is 3.75. The quantitative estimate of drug-likeness (QED) is 0.754. The number of rotatable bonds is 5. The van der Waals surface area contributed by atoms with Crippen molar-refractivity contribution in [2.45, 2.75) is 71.3 Å². The summed E-state index contributed by atoms with van der Waals surface area (Å²) in [5, 5.41) is 3.52. The van der Waals surface area contributed by atoms with E-state index in [1.807, 2.05) is 0 Å². The maximum Gasteiger partial charge on any atom is 0.00103 e. The molecule has 2 fully saturated rings. The molecule has 1 heterocycles. The molecule has 0 radical (unpaired) electrons. The first kappa shape index (κ1) is 14.3. The number of piperidine rings is 1. The van der Waals surface area contributed by atoms with E-state index in [2.05, 4.69) is 24.1 Å². The Bertz CT molecular complexity index is 221. The predicted molar refractivity (Wildman–Crippen MR) is 78.9 cm³/mol. The van der Waals surface area contributed by atoms with Crippen molar-refractivity contribution in [3.63, 3.8) is 0 Å².